The van der Waals surface area contributed by atoms with Crippen LogP contribution in [-0.4, -0.2) is 73.7 Å². The van der Waals surface area contributed by atoms with Crippen molar-refractivity contribution < 1.29 is 13.2 Å². The minimum atomic E-state index is -3.51. The molecule has 0 aromatic heterocycles. The van der Waals surface area contributed by atoms with Crippen molar-refractivity contribution in [3.63, 3.8) is 0 Å². The molecule has 2 fully saturated rings. The smallest absolute Gasteiger partial charge is 0.243 e. The van der Waals surface area contributed by atoms with Crippen LogP contribution in [0.3, 0.4) is 0 Å². The van der Waals surface area contributed by atoms with E-state index in [-0.39, 0.29) is 10.8 Å². The zero-order valence-corrected chi connectivity index (χ0v) is 17.4. The molecule has 2 saturated heterocycles. The summed E-state index contributed by atoms with van der Waals surface area (Å²) in [6.07, 6.45) is 4.37. The standard InChI is InChI=1S/C19H28ClN3O3S/c1-2-17-5-3-4-10-23(17)19(24)15-21-11-13-22(14-12-21)27(25,26)18-8-6-16(20)7-9-18/h6-9,17H,2-5,10-15H2,1H3. The molecule has 150 valence electrons. The third-order valence-electron chi connectivity index (χ3n) is 5.56. The fraction of sp³-hybridized carbons (Fsp3) is 0.632. The molecule has 0 saturated carbocycles. The Hall–Kier alpha value is -1.15. The second-order valence-electron chi connectivity index (χ2n) is 7.28. The molecule has 6 nitrogen and oxygen atoms in total. The number of nitrogens with zero attached hydrogens (tertiary/aromatic N) is 3. The van der Waals surface area contributed by atoms with Gasteiger partial charge in [0.25, 0.3) is 0 Å². The fourth-order valence-electron chi connectivity index (χ4n) is 3.92. The summed E-state index contributed by atoms with van der Waals surface area (Å²) in [5.74, 6) is 0.176. The van der Waals surface area contributed by atoms with Gasteiger partial charge in [0, 0.05) is 43.8 Å². The number of piperidine rings is 1. The summed E-state index contributed by atoms with van der Waals surface area (Å²) in [5.41, 5.74) is 0. The van der Waals surface area contributed by atoms with E-state index in [9.17, 15) is 13.2 Å². The summed E-state index contributed by atoms with van der Waals surface area (Å²) in [4.78, 5) is 17.1. The molecular formula is C19H28ClN3O3S. The van der Waals surface area contributed by atoms with Crippen molar-refractivity contribution in [3.8, 4) is 0 Å². The first-order valence-corrected chi connectivity index (χ1v) is 11.5. The lowest BCUT2D eigenvalue weighted by atomic mass is 10.00. The van der Waals surface area contributed by atoms with Gasteiger partial charge in [0.15, 0.2) is 0 Å². The molecule has 0 spiro atoms. The number of carbonyl (C=O) groups is 1. The summed E-state index contributed by atoms with van der Waals surface area (Å²) in [6, 6.07) is 6.61. The first-order valence-electron chi connectivity index (χ1n) is 9.69. The molecule has 1 aromatic carbocycles. The van der Waals surface area contributed by atoms with Gasteiger partial charge in [0.2, 0.25) is 15.9 Å². The van der Waals surface area contributed by atoms with Gasteiger partial charge in [-0.3, -0.25) is 9.69 Å². The van der Waals surface area contributed by atoms with Crippen molar-refractivity contribution in [2.45, 2.75) is 43.5 Å². The van der Waals surface area contributed by atoms with Crippen LogP contribution >= 0.6 is 11.6 Å². The van der Waals surface area contributed by atoms with Crippen LogP contribution in [0, 0.1) is 0 Å². The number of amides is 1. The van der Waals surface area contributed by atoms with E-state index in [1.54, 1.807) is 12.1 Å². The van der Waals surface area contributed by atoms with Crippen LogP contribution in [-0.2, 0) is 14.8 Å². The Bertz CT molecular complexity index is 746. The average molecular weight is 414 g/mol. The molecule has 2 heterocycles. The van der Waals surface area contributed by atoms with E-state index in [1.165, 1.54) is 22.9 Å². The molecule has 2 aliphatic rings. The number of sulfonamides is 1. The van der Waals surface area contributed by atoms with Gasteiger partial charge in [-0.05, 0) is 49.9 Å². The molecule has 27 heavy (non-hydrogen) atoms. The van der Waals surface area contributed by atoms with Gasteiger partial charge in [-0.25, -0.2) is 8.42 Å². The number of likely N-dealkylation sites (tertiary alicyclic amines) is 1. The van der Waals surface area contributed by atoms with Gasteiger partial charge in [0.05, 0.1) is 11.4 Å². The topological polar surface area (TPSA) is 60.9 Å². The van der Waals surface area contributed by atoms with E-state index >= 15 is 0 Å². The Labute approximate surface area is 167 Å². The van der Waals surface area contributed by atoms with Gasteiger partial charge < -0.3 is 4.90 Å². The van der Waals surface area contributed by atoms with Crippen LogP contribution in [0.25, 0.3) is 0 Å². The summed E-state index contributed by atoms with van der Waals surface area (Å²) < 4.78 is 27.0. The first kappa shape index (κ1) is 20.6. The summed E-state index contributed by atoms with van der Waals surface area (Å²) in [7, 11) is -3.51. The van der Waals surface area contributed by atoms with E-state index in [1.807, 2.05) is 4.90 Å². The van der Waals surface area contributed by atoms with Gasteiger partial charge in [-0.1, -0.05) is 18.5 Å². The third kappa shape index (κ3) is 4.83. The Morgan fingerprint density at radius 1 is 1.07 bits per heavy atom. The Kier molecular flexibility index (Phi) is 6.78. The lowest BCUT2D eigenvalue weighted by molar-refractivity contribution is -0.136. The van der Waals surface area contributed by atoms with Crippen molar-refractivity contribution in [1.82, 2.24) is 14.1 Å². The minimum Gasteiger partial charge on any atom is -0.339 e. The maximum absolute atomic E-state index is 12.7. The molecule has 0 aliphatic carbocycles. The number of hydrogen-bond acceptors (Lipinski definition) is 4. The van der Waals surface area contributed by atoms with E-state index in [4.69, 9.17) is 11.6 Å². The number of halogens is 1. The molecule has 1 amide bonds. The second kappa shape index (κ2) is 8.90. The highest BCUT2D eigenvalue weighted by Crippen LogP contribution is 2.21. The SMILES string of the molecule is CCC1CCCCN1C(=O)CN1CCN(S(=O)(=O)c2ccc(Cl)cc2)CC1. The molecule has 0 N–H and O–H groups in total. The minimum absolute atomic E-state index is 0.176. The van der Waals surface area contributed by atoms with Gasteiger partial charge in [-0.2, -0.15) is 4.31 Å². The highest BCUT2D eigenvalue weighted by Gasteiger charge is 2.31. The Morgan fingerprint density at radius 3 is 2.37 bits per heavy atom. The maximum Gasteiger partial charge on any atom is 0.243 e. The Morgan fingerprint density at radius 2 is 1.74 bits per heavy atom. The van der Waals surface area contributed by atoms with Gasteiger partial charge in [-0.15, -0.1) is 0 Å². The lowest BCUT2D eigenvalue weighted by Crippen LogP contribution is -2.53. The third-order valence-corrected chi connectivity index (χ3v) is 7.73. The van der Waals surface area contributed by atoms with E-state index in [0.717, 1.165) is 25.8 Å². The largest absolute Gasteiger partial charge is 0.339 e. The van der Waals surface area contributed by atoms with Crippen molar-refractivity contribution in [1.29, 1.82) is 0 Å². The van der Waals surface area contributed by atoms with Crippen LogP contribution < -0.4 is 0 Å². The normalized spacial score (nSPS) is 22.7. The number of piperazine rings is 1. The first-order chi connectivity index (χ1) is 12.9. The molecule has 0 bridgehead atoms. The van der Waals surface area contributed by atoms with Crippen LogP contribution in [0.4, 0.5) is 0 Å². The average Bonchev–Trinajstić information content (AvgIpc) is 2.68. The molecule has 1 atom stereocenters. The molecule has 0 radical (unpaired) electrons. The quantitative estimate of drug-likeness (QED) is 0.743. The van der Waals surface area contributed by atoms with Crippen molar-refractivity contribution >= 4 is 27.5 Å². The van der Waals surface area contributed by atoms with Crippen LogP contribution in [0.2, 0.25) is 5.02 Å². The lowest BCUT2D eigenvalue weighted by Gasteiger charge is -2.38. The second-order valence-corrected chi connectivity index (χ2v) is 9.65. The predicted molar refractivity (Wildman–Crippen MR) is 106 cm³/mol. The van der Waals surface area contributed by atoms with Gasteiger partial charge in [0.1, 0.15) is 0 Å². The number of benzene rings is 1. The van der Waals surface area contributed by atoms with Crippen LogP contribution in [0.15, 0.2) is 29.2 Å². The van der Waals surface area contributed by atoms with Crippen molar-refractivity contribution in [2.24, 2.45) is 0 Å². The van der Waals surface area contributed by atoms with Crippen molar-refractivity contribution in [2.75, 3.05) is 39.3 Å². The number of hydrogen-bond donors (Lipinski definition) is 0. The summed E-state index contributed by atoms with van der Waals surface area (Å²) >= 11 is 5.85. The van der Waals surface area contributed by atoms with E-state index in [2.05, 4.69) is 11.8 Å². The molecule has 8 heteroatoms. The van der Waals surface area contributed by atoms with E-state index in [0.29, 0.717) is 43.8 Å². The Balaban J connectivity index is 1.55. The van der Waals surface area contributed by atoms with Gasteiger partial charge >= 0.3 is 0 Å². The van der Waals surface area contributed by atoms with Crippen LogP contribution in [0.5, 0.6) is 0 Å². The summed E-state index contributed by atoms with van der Waals surface area (Å²) in [6.45, 7) is 5.31. The van der Waals surface area contributed by atoms with Crippen LogP contribution in [0.1, 0.15) is 32.6 Å². The monoisotopic (exact) mass is 413 g/mol. The molecule has 2 aliphatic heterocycles. The predicted octanol–water partition coefficient (Wildman–Crippen LogP) is 2.44. The molecular weight excluding hydrogens is 386 g/mol. The maximum atomic E-state index is 12.7. The van der Waals surface area contributed by atoms with Crippen molar-refractivity contribution in [3.05, 3.63) is 29.3 Å². The molecule has 3 rings (SSSR count). The highest BCUT2D eigenvalue weighted by molar-refractivity contribution is 7.89. The summed E-state index contributed by atoms with van der Waals surface area (Å²) in [5, 5.41) is 0.514. The molecule has 1 aromatic rings. The number of rotatable bonds is 5. The zero-order valence-electron chi connectivity index (χ0n) is 15.8. The number of carbonyl (C=O) groups excluding carboxylic acids is 1. The zero-order chi connectivity index (χ0) is 19.4. The highest BCUT2D eigenvalue weighted by atomic mass is 35.5. The molecule has 1 unspecified atom stereocenters. The van der Waals surface area contributed by atoms with E-state index < -0.39 is 10.0 Å². The fourth-order valence-corrected chi connectivity index (χ4v) is 5.47.